The summed E-state index contributed by atoms with van der Waals surface area (Å²) < 4.78 is 28.9. The number of β-amino-alcohol motifs (C(OH)–C–C–N with tert-alkyl or cyclic N) is 1. The molecule has 9 heteroatoms. The standard InChI is InChI=1S/C18H20F2N6O/c1-11-8-13-12(9-22-11)15(25-7-5-17(2,27)10-25)24-26(13)14-4-6-21-16(23-14)18(3,19)20/h4,6,8-9,27H,5,7,10H2,1-3H3. The number of hydrogen-bond acceptors (Lipinski definition) is 6. The van der Waals surface area contributed by atoms with Gasteiger partial charge in [0.25, 0.3) is 0 Å². The molecule has 142 valence electrons. The van der Waals surface area contributed by atoms with Crippen molar-refractivity contribution < 1.29 is 13.9 Å². The first-order valence-electron chi connectivity index (χ1n) is 8.68. The zero-order valence-corrected chi connectivity index (χ0v) is 15.3. The van der Waals surface area contributed by atoms with Crippen LogP contribution >= 0.6 is 0 Å². The van der Waals surface area contributed by atoms with E-state index in [1.807, 2.05) is 17.9 Å². The molecule has 4 rings (SSSR count). The SMILES string of the molecule is Cc1cc2c(cn1)c(N1CCC(C)(O)C1)nn2-c1ccnc(C(C)(F)F)n1. The van der Waals surface area contributed by atoms with Crippen LogP contribution in [0.5, 0.6) is 0 Å². The van der Waals surface area contributed by atoms with Crippen LogP contribution in [0, 0.1) is 6.92 Å². The van der Waals surface area contributed by atoms with Gasteiger partial charge in [-0.3, -0.25) is 4.98 Å². The lowest BCUT2D eigenvalue weighted by Crippen LogP contribution is -2.29. The number of pyridine rings is 1. The van der Waals surface area contributed by atoms with Crippen LogP contribution in [0.2, 0.25) is 0 Å². The topological polar surface area (TPSA) is 80.0 Å². The molecule has 1 N–H and O–H groups in total. The fraction of sp³-hybridized carbons (Fsp3) is 0.444. The molecule has 4 heterocycles. The Labute approximate surface area is 154 Å². The van der Waals surface area contributed by atoms with Gasteiger partial charge in [-0.25, -0.2) is 14.6 Å². The fourth-order valence-corrected chi connectivity index (χ4v) is 3.31. The Balaban J connectivity index is 1.88. The number of halogens is 2. The highest BCUT2D eigenvalue weighted by atomic mass is 19.3. The molecule has 0 amide bonds. The Morgan fingerprint density at radius 2 is 2.07 bits per heavy atom. The van der Waals surface area contributed by atoms with Crippen molar-refractivity contribution in [3.63, 3.8) is 0 Å². The second kappa shape index (κ2) is 5.91. The van der Waals surface area contributed by atoms with Crippen LogP contribution in [0.25, 0.3) is 16.7 Å². The number of aromatic nitrogens is 5. The first-order valence-corrected chi connectivity index (χ1v) is 8.68. The molecule has 0 radical (unpaired) electrons. The van der Waals surface area contributed by atoms with Crippen LogP contribution < -0.4 is 4.90 Å². The van der Waals surface area contributed by atoms with Crippen molar-refractivity contribution in [2.24, 2.45) is 0 Å². The van der Waals surface area contributed by atoms with Gasteiger partial charge in [-0.05, 0) is 26.3 Å². The van der Waals surface area contributed by atoms with Crippen LogP contribution in [0.3, 0.4) is 0 Å². The third-order valence-electron chi connectivity index (χ3n) is 4.68. The molecule has 1 aliphatic heterocycles. The summed E-state index contributed by atoms with van der Waals surface area (Å²) in [7, 11) is 0. The van der Waals surface area contributed by atoms with E-state index in [9.17, 15) is 13.9 Å². The predicted octanol–water partition coefficient (Wildman–Crippen LogP) is 2.59. The molecule has 1 saturated heterocycles. The third-order valence-corrected chi connectivity index (χ3v) is 4.68. The van der Waals surface area contributed by atoms with Crippen molar-refractivity contribution in [2.45, 2.75) is 38.7 Å². The van der Waals surface area contributed by atoms with Gasteiger partial charge in [-0.15, -0.1) is 5.10 Å². The summed E-state index contributed by atoms with van der Waals surface area (Å²) >= 11 is 0. The summed E-state index contributed by atoms with van der Waals surface area (Å²) in [4.78, 5) is 14.0. The molecule has 27 heavy (non-hydrogen) atoms. The number of alkyl halides is 2. The highest BCUT2D eigenvalue weighted by molar-refractivity contribution is 5.91. The first-order chi connectivity index (χ1) is 12.6. The lowest BCUT2D eigenvalue weighted by atomic mass is 10.1. The maximum Gasteiger partial charge on any atom is 0.303 e. The van der Waals surface area contributed by atoms with Gasteiger partial charge in [0.05, 0.1) is 16.5 Å². The lowest BCUT2D eigenvalue weighted by Gasteiger charge is -2.18. The minimum absolute atomic E-state index is 0.259. The van der Waals surface area contributed by atoms with Crippen molar-refractivity contribution in [1.29, 1.82) is 0 Å². The molecule has 1 atom stereocenters. The Hall–Kier alpha value is -2.68. The molecule has 3 aromatic heterocycles. The molecule has 3 aromatic rings. The molecule has 1 fully saturated rings. The monoisotopic (exact) mass is 374 g/mol. The van der Waals surface area contributed by atoms with E-state index in [1.165, 1.54) is 10.9 Å². The van der Waals surface area contributed by atoms with Gasteiger partial charge in [-0.2, -0.15) is 8.78 Å². The largest absolute Gasteiger partial charge is 0.388 e. The average Bonchev–Trinajstić information content (AvgIpc) is 3.14. The van der Waals surface area contributed by atoms with Crippen LogP contribution in [0.4, 0.5) is 14.6 Å². The van der Waals surface area contributed by atoms with Crippen molar-refractivity contribution in [2.75, 3.05) is 18.0 Å². The molecule has 0 aromatic carbocycles. The van der Waals surface area contributed by atoms with Crippen LogP contribution in [0.15, 0.2) is 24.5 Å². The normalized spacial score (nSPS) is 20.6. The number of aryl methyl sites for hydroxylation is 1. The number of nitrogens with zero attached hydrogens (tertiary/aromatic N) is 6. The number of anilines is 1. The van der Waals surface area contributed by atoms with E-state index in [-0.39, 0.29) is 5.82 Å². The molecule has 0 aliphatic carbocycles. The molecule has 0 spiro atoms. The van der Waals surface area contributed by atoms with Gasteiger partial charge in [0.15, 0.2) is 11.6 Å². The highest BCUT2D eigenvalue weighted by Crippen LogP contribution is 2.33. The summed E-state index contributed by atoms with van der Waals surface area (Å²) in [5.74, 6) is -2.79. The van der Waals surface area contributed by atoms with Crippen molar-refractivity contribution in [3.8, 4) is 5.82 Å². The summed E-state index contributed by atoms with van der Waals surface area (Å²) in [5.41, 5.74) is 0.701. The average molecular weight is 374 g/mol. The zero-order chi connectivity index (χ0) is 19.4. The van der Waals surface area contributed by atoms with Crippen LogP contribution in [0.1, 0.15) is 31.8 Å². The number of fused-ring (bicyclic) bond motifs is 1. The van der Waals surface area contributed by atoms with E-state index in [1.54, 1.807) is 19.2 Å². The van der Waals surface area contributed by atoms with Crippen molar-refractivity contribution in [1.82, 2.24) is 24.7 Å². The zero-order valence-electron chi connectivity index (χ0n) is 15.3. The Bertz CT molecular complexity index is 1010. The quantitative estimate of drug-likeness (QED) is 0.759. The molecular weight excluding hydrogens is 354 g/mol. The van der Waals surface area contributed by atoms with E-state index in [0.717, 1.165) is 18.0 Å². The second-order valence-corrected chi connectivity index (χ2v) is 7.37. The first kappa shape index (κ1) is 17.7. The summed E-state index contributed by atoms with van der Waals surface area (Å²) in [6, 6.07) is 3.38. The van der Waals surface area contributed by atoms with Gasteiger partial charge in [0.2, 0.25) is 5.82 Å². The van der Waals surface area contributed by atoms with Gasteiger partial charge in [0.1, 0.15) is 0 Å². The minimum atomic E-state index is -3.15. The van der Waals surface area contributed by atoms with Crippen molar-refractivity contribution >= 4 is 16.7 Å². The minimum Gasteiger partial charge on any atom is -0.388 e. The molecule has 1 aliphatic rings. The van der Waals surface area contributed by atoms with Crippen LogP contribution in [-0.2, 0) is 5.92 Å². The third kappa shape index (κ3) is 3.23. The molecule has 0 bridgehead atoms. The van der Waals surface area contributed by atoms with E-state index in [4.69, 9.17) is 0 Å². The Morgan fingerprint density at radius 1 is 1.30 bits per heavy atom. The van der Waals surface area contributed by atoms with Gasteiger partial charge in [0, 0.05) is 44.2 Å². The van der Waals surface area contributed by atoms with Gasteiger partial charge in [-0.1, -0.05) is 0 Å². The lowest BCUT2D eigenvalue weighted by molar-refractivity contribution is 0.00763. The van der Waals surface area contributed by atoms with Gasteiger partial charge >= 0.3 is 5.92 Å². The molecule has 1 unspecified atom stereocenters. The molecule has 7 nitrogen and oxygen atoms in total. The number of rotatable bonds is 3. The maximum atomic E-state index is 13.7. The molecular formula is C18H20F2N6O. The van der Waals surface area contributed by atoms with Crippen molar-refractivity contribution in [3.05, 3.63) is 36.0 Å². The summed E-state index contributed by atoms with van der Waals surface area (Å²) in [6.07, 6.45) is 3.64. The van der Waals surface area contributed by atoms with Gasteiger partial charge < -0.3 is 10.0 Å². The summed E-state index contributed by atoms with van der Waals surface area (Å²) in [5, 5.41) is 15.7. The fourth-order valence-electron chi connectivity index (χ4n) is 3.31. The number of aliphatic hydroxyl groups is 1. The Kier molecular flexibility index (Phi) is 3.88. The maximum absolute atomic E-state index is 13.7. The second-order valence-electron chi connectivity index (χ2n) is 7.37. The molecule has 0 saturated carbocycles. The predicted molar refractivity (Wildman–Crippen MR) is 96.2 cm³/mol. The van der Waals surface area contributed by atoms with E-state index in [2.05, 4.69) is 20.1 Å². The number of hydrogen-bond donors (Lipinski definition) is 1. The van der Waals surface area contributed by atoms with Crippen LogP contribution in [-0.4, -0.2) is 48.5 Å². The van der Waals surface area contributed by atoms with E-state index >= 15 is 0 Å². The smallest absolute Gasteiger partial charge is 0.303 e. The van der Waals surface area contributed by atoms with E-state index < -0.39 is 17.3 Å². The highest BCUT2D eigenvalue weighted by Gasteiger charge is 2.34. The van der Waals surface area contributed by atoms with E-state index in [0.29, 0.717) is 30.8 Å². The Morgan fingerprint density at radius 3 is 2.74 bits per heavy atom. The summed E-state index contributed by atoms with van der Waals surface area (Å²) in [6.45, 7) is 5.49.